The number of fused-ring (bicyclic) bond motifs is 1. The molecule has 1 aliphatic heterocycles. The van der Waals surface area contributed by atoms with Crippen LogP contribution in [-0.2, 0) is 16.1 Å². The molecule has 0 unspecified atom stereocenters. The summed E-state index contributed by atoms with van der Waals surface area (Å²) in [7, 11) is 0. The zero-order valence-corrected chi connectivity index (χ0v) is 15.3. The monoisotopic (exact) mass is 353 g/mol. The lowest BCUT2D eigenvalue weighted by Crippen LogP contribution is -2.50. The van der Waals surface area contributed by atoms with Gasteiger partial charge in [-0.15, -0.1) is 0 Å². The fraction of sp³-hybridized carbons (Fsp3) is 0.524. The second kappa shape index (κ2) is 7.62. The summed E-state index contributed by atoms with van der Waals surface area (Å²) in [6.45, 7) is 2.39. The summed E-state index contributed by atoms with van der Waals surface area (Å²) < 4.78 is 8.39. The number of carbonyl (C=O) groups excluding carboxylic acids is 1. The highest BCUT2D eigenvalue weighted by molar-refractivity contribution is 5.73. The third kappa shape index (κ3) is 3.83. The summed E-state index contributed by atoms with van der Waals surface area (Å²) in [5.41, 5.74) is 2.43. The number of benzene rings is 1. The highest BCUT2D eigenvalue weighted by Crippen LogP contribution is 2.41. The zero-order valence-electron chi connectivity index (χ0n) is 15.3. The maximum absolute atomic E-state index is 11.7. The average molecular weight is 353 g/mol. The van der Waals surface area contributed by atoms with Gasteiger partial charge >= 0.3 is 0 Å². The minimum Gasteiger partial charge on any atom is -0.370 e. The first-order valence-corrected chi connectivity index (χ1v) is 9.68. The van der Waals surface area contributed by atoms with Gasteiger partial charge in [0.25, 0.3) is 0 Å². The molecule has 2 heterocycles. The van der Waals surface area contributed by atoms with Crippen LogP contribution >= 0.6 is 0 Å². The number of hydrogen-bond acceptors (Lipinski definition) is 3. The predicted molar refractivity (Wildman–Crippen MR) is 99.6 cm³/mol. The number of nitrogens with one attached hydrogen (secondary N) is 1. The largest absolute Gasteiger partial charge is 0.370 e. The van der Waals surface area contributed by atoms with Crippen LogP contribution in [0.3, 0.4) is 0 Å². The Morgan fingerprint density at radius 2 is 2.08 bits per heavy atom. The van der Waals surface area contributed by atoms with Crippen molar-refractivity contribution in [3.8, 4) is 0 Å². The second-order valence-electron chi connectivity index (χ2n) is 7.60. The lowest BCUT2D eigenvalue weighted by atomic mass is 9.76. The molecule has 4 atom stereocenters. The molecule has 1 aromatic heterocycles. The van der Waals surface area contributed by atoms with E-state index in [1.165, 1.54) is 24.0 Å². The number of nitrogens with zero attached hydrogens (tertiary/aromatic N) is 2. The molecule has 4 rings (SSSR count). The zero-order chi connectivity index (χ0) is 17.9. The van der Waals surface area contributed by atoms with Crippen molar-refractivity contribution in [1.82, 2.24) is 15.1 Å². The first-order valence-electron chi connectivity index (χ1n) is 9.68. The molecular formula is C21H27N3O2. The van der Waals surface area contributed by atoms with Gasteiger partial charge in [0, 0.05) is 31.3 Å². The van der Waals surface area contributed by atoms with E-state index in [1.54, 1.807) is 13.1 Å². The third-order valence-electron chi connectivity index (χ3n) is 5.72. The van der Waals surface area contributed by atoms with E-state index in [0.29, 0.717) is 5.92 Å². The Morgan fingerprint density at radius 3 is 2.81 bits per heavy atom. The Labute approximate surface area is 154 Å². The van der Waals surface area contributed by atoms with E-state index >= 15 is 0 Å². The first-order chi connectivity index (χ1) is 12.7. The Balaban J connectivity index is 1.48. The van der Waals surface area contributed by atoms with Gasteiger partial charge in [-0.2, -0.15) is 5.10 Å². The van der Waals surface area contributed by atoms with Crippen molar-refractivity contribution in [3.63, 3.8) is 0 Å². The molecule has 1 saturated carbocycles. The summed E-state index contributed by atoms with van der Waals surface area (Å²) in [5.74, 6) is 0.525. The molecule has 1 N–H and O–H groups in total. The number of amides is 1. The maximum atomic E-state index is 11.7. The normalized spacial score (nSPS) is 28.3. The van der Waals surface area contributed by atoms with Gasteiger partial charge in [-0.3, -0.25) is 9.48 Å². The van der Waals surface area contributed by atoms with Gasteiger partial charge in [-0.1, -0.05) is 37.1 Å². The van der Waals surface area contributed by atoms with Crippen LogP contribution in [0.15, 0.2) is 42.7 Å². The van der Waals surface area contributed by atoms with Crippen LogP contribution in [0.1, 0.15) is 56.3 Å². The smallest absolute Gasteiger partial charge is 0.217 e. The number of carbonyl (C=O) groups is 1. The van der Waals surface area contributed by atoms with E-state index in [0.717, 1.165) is 25.8 Å². The lowest BCUT2D eigenvalue weighted by Gasteiger charge is -2.45. The van der Waals surface area contributed by atoms with Crippen molar-refractivity contribution >= 4 is 5.91 Å². The van der Waals surface area contributed by atoms with Gasteiger partial charge in [0.15, 0.2) is 0 Å². The van der Waals surface area contributed by atoms with Crippen molar-refractivity contribution in [2.45, 2.75) is 63.8 Å². The molecule has 26 heavy (non-hydrogen) atoms. The molecular weight excluding hydrogens is 326 g/mol. The third-order valence-corrected chi connectivity index (χ3v) is 5.72. The number of hydrogen-bond donors (Lipinski definition) is 1. The summed E-state index contributed by atoms with van der Waals surface area (Å²) in [4.78, 5) is 11.7. The van der Waals surface area contributed by atoms with E-state index in [-0.39, 0.29) is 24.2 Å². The van der Waals surface area contributed by atoms with Gasteiger partial charge in [0.2, 0.25) is 5.91 Å². The molecule has 5 heteroatoms. The second-order valence-corrected chi connectivity index (χ2v) is 7.60. The molecule has 0 bridgehead atoms. The van der Waals surface area contributed by atoms with Gasteiger partial charge in [0.1, 0.15) is 0 Å². The van der Waals surface area contributed by atoms with Crippen molar-refractivity contribution in [1.29, 1.82) is 0 Å². The van der Waals surface area contributed by atoms with E-state index in [1.807, 2.05) is 16.9 Å². The van der Waals surface area contributed by atoms with Crippen molar-refractivity contribution in [2.24, 2.45) is 5.92 Å². The Bertz CT molecular complexity index is 726. The summed E-state index contributed by atoms with van der Waals surface area (Å²) in [6.07, 6.45) is 9.69. The average Bonchev–Trinajstić information content (AvgIpc) is 3.15. The minimum absolute atomic E-state index is 0.0601. The van der Waals surface area contributed by atoms with Crippen molar-refractivity contribution < 1.29 is 9.53 Å². The van der Waals surface area contributed by atoms with E-state index in [2.05, 4.69) is 34.7 Å². The predicted octanol–water partition coefficient (Wildman–Crippen LogP) is 3.46. The van der Waals surface area contributed by atoms with Crippen LogP contribution in [0.2, 0.25) is 0 Å². The molecule has 0 spiro atoms. The highest BCUT2D eigenvalue weighted by atomic mass is 16.5. The number of rotatable bonds is 4. The van der Waals surface area contributed by atoms with Gasteiger partial charge in [-0.05, 0) is 36.5 Å². The topological polar surface area (TPSA) is 56.2 Å². The van der Waals surface area contributed by atoms with Crippen LogP contribution < -0.4 is 5.32 Å². The quantitative estimate of drug-likeness (QED) is 0.916. The highest BCUT2D eigenvalue weighted by Gasteiger charge is 2.40. The summed E-state index contributed by atoms with van der Waals surface area (Å²) >= 11 is 0. The summed E-state index contributed by atoms with van der Waals surface area (Å²) in [6, 6.07) is 10.8. The fourth-order valence-electron chi connectivity index (χ4n) is 4.49. The molecule has 1 saturated heterocycles. The number of ether oxygens (including phenoxy) is 1. The van der Waals surface area contributed by atoms with Gasteiger partial charge < -0.3 is 10.1 Å². The SMILES string of the molecule is CC(=O)N[C@@H]1C[C@H](c2ccc(Cn3cccn3)cc2)O[C@@H]2CCCC[C@@H]12. The van der Waals surface area contributed by atoms with Crippen LogP contribution in [0.5, 0.6) is 0 Å². The van der Waals surface area contributed by atoms with Gasteiger partial charge in [0.05, 0.1) is 18.8 Å². The molecule has 1 aromatic carbocycles. The maximum Gasteiger partial charge on any atom is 0.217 e. The summed E-state index contributed by atoms with van der Waals surface area (Å²) in [5, 5.41) is 7.45. The molecule has 2 aliphatic rings. The molecule has 0 radical (unpaired) electrons. The van der Waals surface area contributed by atoms with Crippen LogP contribution in [0.25, 0.3) is 0 Å². The molecule has 2 fully saturated rings. The van der Waals surface area contributed by atoms with E-state index < -0.39 is 0 Å². The Hall–Kier alpha value is -2.14. The molecule has 5 nitrogen and oxygen atoms in total. The first kappa shape index (κ1) is 17.3. The lowest BCUT2D eigenvalue weighted by molar-refractivity contribution is -0.131. The minimum atomic E-state index is 0.0601. The van der Waals surface area contributed by atoms with Crippen LogP contribution in [0.4, 0.5) is 0 Å². The van der Waals surface area contributed by atoms with E-state index in [4.69, 9.17) is 4.74 Å². The molecule has 138 valence electrons. The number of aromatic nitrogens is 2. The van der Waals surface area contributed by atoms with Crippen molar-refractivity contribution in [2.75, 3.05) is 0 Å². The van der Waals surface area contributed by atoms with Crippen molar-refractivity contribution in [3.05, 3.63) is 53.9 Å². The fourth-order valence-corrected chi connectivity index (χ4v) is 4.49. The molecule has 1 aliphatic carbocycles. The van der Waals surface area contributed by atoms with E-state index in [9.17, 15) is 4.79 Å². The standard InChI is InChI=1S/C21H27N3O2/c1-15(25)23-19-13-21(26-20-6-3-2-5-18(19)20)17-9-7-16(8-10-17)14-24-12-4-11-22-24/h4,7-12,18-21H,2-3,5-6,13-14H2,1H3,(H,23,25)/t18-,19+,20+,21+/m0/s1. The Kier molecular flexibility index (Phi) is 5.07. The van der Waals surface area contributed by atoms with Gasteiger partial charge in [-0.25, -0.2) is 0 Å². The Morgan fingerprint density at radius 1 is 1.27 bits per heavy atom. The molecule has 2 aromatic rings. The molecule has 1 amide bonds. The van der Waals surface area contributed by atoms with Crippen LogP contribution in [0, 0.1) is 5.92 Å². The van der Waals surface area contributed by atoms with Crippen LogP contribution in [-0.4, -0.2) is 27.8 Å².